The zero-order valence-electron chi connectivity index (χ0n) is 20.9. The molecule has 2 aromatic heterocycles. The summed E-state index contributed by atoms with van der Waals surface area (Å²) in [6.45, 7) is 5.82. The van der Waals surface area contributed by atoms with E-state index in [1.807, 2.05) is 66.6 Å². The molecule has 5 rings (SSSR count). The Bertz CT molecular complexity index is 1360. The van der Waals surface area contributed by atoms with Crippen molar-refractivity contribution < 1.29 is 18.7 Å². The molecular weight excluding hydrogens is 486 g/mol. The largest absolute Gasteiger partial charge is 0.484 e. The summed E-state index contributed by atoms with van der Waals surface area (Å²) in [6, 6.07) is 19.7. The average molecular weight is 516 g/mol. The van der Waals surface area contributed by atoms with Crippen LogP contribution in [0.3, 0.4) is 0 Å². The molecule has 8 heteroatoms. The standard InChI is InChI=1S/C29H29N3O4S/c1-3-31(4-2)28(33)24-18-36-26(30-24)19-35-22-13-12-20-14-15-32(29(34)25-11-8-16-37-25)27(23(20)17-22)21-9-6-5-7-10-21/h5-13,16-18,27H,3-4,14-15,19H2,1-2H3. The molecule has 4 aromatic rings. The van der Waals surface area contributed by atoms with Crippen molar-refractivity contribution in [3.63, 3.8) is 0 Å². The third-order valence-electron chi connectivity index (χ3n) is 6.64. The number of amides is 2. The van der Waals surface area contributed by atoms with Crippen LogP contribution in [0, 0.1) is 0 Å². The van der Waals surface area contributed by atoms with Crippen molar-refractivity contribution in [1.82, 2.24) is 14.8 Å². The molecule has 0 saturated heterocycles. The van der Waals surface area contributed by atoms with Crippen LogP contribution in [-0.4, -0.2) is 46.2 Å². The van der Waals surface area contributed by atoms with Crippen molar-refractivity contribution in [2.24, 2.45) is 0 Å². The summed E-state index contributed by atoms with van der Waals surface area (Å²) >= 11 is 1.46. The van der Waals surface area contributed by atoms with Gasteiger partial charge >= 0.3 is 0 Å². The number of fused-ring (bicyclic) bond motifs is 1. The van der Waals surface area contributed by atoms with Crippen molar-refractivity contribution in [2.75, 3.05) is 19.6 Å². The van der Waals surface area contributed by atoms with E-state index in [2.05, 4.69) is 23.2 Å². The van der Waals surface area contributed by atoms with Gasteiger partial charge in [0.15, 0.2) is 12.3 Å². The normalized spacial score (nSPS) is 14.8. The average Bonchev–Trinajstić information content (AvgIpc) is 3.65. The van der Waals surface area contributed by atoms with E-state index in [1.165, 1.54) is 23.2 Å². The molecule has 0 bridgehead atoms. The Balaban J connectivity index is 1.39. The number of hydrogen-bond donors (Lipinski definition) is 0. The summed E-state index contributed by atoms with van der Waals surface area (Å²) in [5, 5.41) is 1.93. The van der Waals surface area contributed by atoms with Crippen LogP contribution < -0.4 is 4.74 Å². The fourth-order valence-corrected chi connectivity index (χ4v) is 5.41. The van der Waals surface area contributed by atoms with E-state index in [0.29, 0.717) is 31.3 Å². The van der Waals surface area contributed by atoms with Crippen molar-refractivity contribution in [3.05, 3.63) is 105 Å². The molecule has 190 valence electrons. The van der Waals surface area contributed by atoms with Crippen LogP contribution in [0.25, 0.3) is 0 Å². The van der Waals surface area contributed by atoms with E-state index in [-0.39, 0.29) is 30.2 Å². The first-order valence-electron chi connectivity index (χ1n) is 12.5. The SMILES string of the molecule is CCN(CC)C(=O)c1coc(COc2ccc3c(c2)C(c2ccccc2)N(C(=O)c2cccs2)CC3)n1. The molecule has 2 aromatic carbocycles. The molecule has 0 saturated carbocycles. The van der Waals surface area contributed by atoms with E-state index < -0.39 is 0 Å². The van der Waals surface area contributed by atoms with Crippen molar-refractivity contribution in [3.8, 4) is 5.75 Å². The number of aromatic nitrogens is 1. The first-order chi connectivity index (χ1) is 18.1. The highest BCUT2D eigenvalue weighted by Gasteiger charge is 2.33. The Morgan fingerprint density at radius 3 is 2.65 bits per heavy atom. The number of rotatable bonds is 8. The lowest BCUT2D eigenvalue weighted by Crippen LogP contribution is -2.40. The number of nitrogens with zero attached hydrogens (tertiary/aromatic N) is 3. The molecule has 7 nitrogen and oxygen atoms in total. The van der Waals surface area contributed by atoms with Crippen LogP contribution in [0.4, 0.5) is 0 Å². The molecule has 1 aliphatic heterocycles. The monoisotopic (exact) mass is 515 g/mol. The van der Waals surface area contributed by atoms with Crippen LogP contribution in [0.5, 0.6) is 5.75 Å². The molecule has 0 aliphatic carbocycles. The summed E-state index contributed by atoms with van der Waals surface area (Å²) in [4.78, 5) is 34.7. The second kappa shape index (κ2) is 11.0. The van der Waals surface area contributed by atoms with Gasteiger partial charge in [-0.05, 0) is 60.5 Å². The molecule has 0 radical (unpaired) electrons. The maximum Gasteiger partial charge on any atom is 0.275 e. The van der Waals surface area contributed by atoms with Crippen molar-refractivity contribution in [1.29, 1.82) is 0 Å². The predicted octanol–water partition coefficient (Wildman–Crippen LogP) is 5.59. The van der Waals surface area contributed by atoms with E-state index in [1.54, 1.807) is 4.90 Å². The Labute approximate surface area is 220 Å². The lowest BCUT2D eigenvalue weighted by molar-refractivity contribution is 0.0698. The summed E-state index contributed by atoms with van der Waals surface area (Å²) < 4.78 is 11.5. The molecule has 0 N–H and O–H groups in total. The van der Waals surface area contributed by atoms with Gasteiger partial charge in [-0.15, -0.1) is 11.3 Å². The highest BCUT2D eigenvalue weighted by Crippen LogP contribution is 2.38. The number of carbonyl (C=O) groups excluding carboxylic acids is 2. The number of ether oxygens (including phenoxy) is 1. The van der Waals surface area contributed by atoms with Crippen LogP contribution in [0.1, 0.15) is 62.6 Å². The smallest absolute Gasteiger partial charge is 0.275 e. The first kappa shape index (κ1) is 24.8. The van der Waals surface area contributed by atoms with E-state index in [9.17, 15) is 9.59 Å². The molecule has 1 atom stereocenters. The second-order valence-electron chi connectivity index (χ2n) is 8.79. The second-order valence-corrected chi connectivity index (χ2v) is 9.74. The third kappa shape index (κ3) is 5.15. The highest BCUT2D eigenvalue weighted by molar-refractivity contribution is 7.12. The number of oxazole rings is 1. The Morgan fingerprint density at radius 1 is 1.11 bits per heavy atom. The van der Waals surface area contributed by atoms with Gasteiger partial charge in [-0.25, -0.2) is 4.98 Å². The Morgan fingerprint density at radius 2 is 1.92 bits per heavy atom. The predicted molar refractivity (Wildman–Crippen MR) is 142 cm³/mol. The van der Waals surface area contributed by atoms with Gasteiger partial charge in [0.05, 0.1) is 10.9 Å². The lowest BCUT2D eigenvalue weighted by atomic mass is 9.88. The van der Waals surface area contributed by atoms with Crippen LogP contribution in [-0.2, 0) is 13.0 Å². The number of benzene rings is 2. The van der Waals surface area contributed by atoms with Gasteiger partial charge in [0, 0.05) is 19.6 Å². The molecule has 0 fully saturated rings. The zero-order valence-corrected chi connectivity index (χ0v) is 21.7. The summed E-state index contributed by atoms with van der Waals surface area (Å²) in [6.07, 6.45) is 2.15. The first-order valence-corrected chi connectivity index (χ1v) is 13.4. The van der Waals surface area contributed by atoms with Crippen LogP contribution in [0.2, 0.25) is 0 Å². The topological polar surface area (TPSA) is 75.9 Å². The van der Waals surface area contributed by atoms with Crippen LogP contribution >= 0.6 is 11.3 Å². The molecule has 1 aliphatic rings. The van der Waals surface area contributed by atoms with Gasteiger partial charge in [0.2, 0.25) is 5.89 Å². The van der Waals surface area contributed by atoms with Crippen molar-refractivity contribution in [2.45, 2.75) is 32.9 Å². The summed E-state index contributed by atoms with van der Waals surface area (Å²) in [7, 11) is 0. The highest BCUT2D eigenvalue weighted by atomic mass is 32.1. The summed E-state index contributed by atoms with van der Waals surface area (Å²) in [5.74, 6) is 0.864. The van der Waals surface area contributed by atoms with Gasteiger partial charge in [-0.3, -0.25) is 9.59 Å². The Kier molecular flexibility index (Phi) is 7.37. The molecule has 0 spiro atoms. The molecule has 2 amide bonds. The molecule has 37 heavy (non-hydrogen) atoms. The quantitative estimate of drug-likeness (QED) is 0.306. The molecular formula is C29H29N3O4S. The minimum atomic E-state index is -0.219. The maximum atomic E-state index is 13.5. The zero-order chi connectivity index (χ0) is 25.8. The molecule has 1 unspecified atom stereocenters. The van der Waals surface area contributed by atoms with Crippen molar-refractivity contribution >= 4 is 23.2 Å². The van der Waals surface area contributed by atoms with Crippen LogP contribution in [0.15, 0.2) is 76.7 Å². The third-order valence-corrected chi connectivity index (χ3v) is 7.50. The lowest BCUT2D eigenvalue weighted by Gasteiger charge is -2.37. The van der Waals surface area contributed by atoms with Gasteiger partial charge in [-0.1, -0.05) is 42.5 Å². The van der Waals surface area contributed by atoms with E-state index in [4.69, 9.17) is 9.15 Å². The summed E-state index contributed by atoms with van der Waals surface area (Å²) in [5.41, 5.74) is 3.57. The number of carbonyl (C=O) groups is 2. The van der Waals surface area contributed by atoms with Gasteiger partial charge < -0.3 is 19.0 Å². The fourth-order valence-electron chi connectivity index (χ4n) is 4.73. The minimum Gasteiger partial charge on any atom is -0.484 e. The number of thiophene rings is 1. The van der Waals surface area contributed by atoms with Gasteiger partial charge in [0.1, 0.15) is 12.0 Å². The van der Waals surface area contributed by atoms with E-state index >= 15 is 0 Å². The van der Waals surface area contributed by atoms with Gasteiger partial charge in [0.25, 0.3) is 11.8 Å². The fraction of sp³-hybridized carbons (Fsp3) is 0.276. The van der Waals surface area contributed by atoms with Gasteiger partial charge in [-0.2, -0.15) is 0 Å². The molecule has 3 heterocycles. The minimum absolute atomic E-state index is 0.0333. The Hall–Kier alpha value is -3.91. The maximum absolute atomic E-state index is 13.5. The van der Waals surface area contributed by atoms with E-state index in [0.717, 1.165) is 22.4 Å². The number of hydrogen-bond acceptors (Lipinski definition) is 6.